The number of nitrogens with one attached hydrogen (secondary N) is 1. The third-order valence-electron chi connectivity index (χ3n) is 4.61. The van der Waals surface area contributed by atoms with Crippen LogP contribution in [0.3, 0.4) is 0 Å². The molecule has 6 nitrogen and oxygen atoms in total. The van der Waals surface area contributed by atoms with E-state index in [0.717, 1.165) is 31.0 Å². The summed E-state index contributed by atoms with van der Waals surface area (Å²) >= 11 is 0.741. The zero-order valence-electron chi connectivity index (χ0n) is 15.2. The first-order valence-electron chi connectivity index (χ1n) is 9.01. The van der Waals surface area contributed by atoms with Crippen molar-refractivity contribution in [3.8, 4) is 0 Å². The van der Waals surface area contributed by atoms with E-state index in [1.54, 1.807) is 24.3 Å². The molecule has 0 bridgehead atoms. The van der Waals surface area contributed by atoms with Gasteiger partial charge in [-0.25, -0.2) is 4.98 Å². The second kappa shape index (κ2) is 8.73. The minimum atomic E-state index is -5.02. The minimum absolute atomic E-state index is 0.240. The highest BCUT2D eigenvalue weighted by molar-refractivity contribution is 7.18. The van der Waals surface area contributed by atoms with Gasteiger partial charge in [0.05, 0.1) is 29.9 Å². The van der Waals surface area contributed by atoms with Crippen LogP contribution >= 0.6 is 11.3 Å². The number of hydrogen-bond acceptors (Lipinski definition) is 6. The number of nitrogens with zero attached hydrogens (tertiary/aromatic N) is 2. The van der Waals surface area contributed by atoms with Crippen molar-refractivity contribution in [1.29, 1.82) is 0 Å². The van der Waals surface area contributed by atoms with Crippen molar-refractivity contribution in [2.24, 2.45) is 0 Å². The number of ether oxygens (including phenoxy) is 1. The topological polar surface area (TPSA) is 74.7 Å². The van der Waals surface area contributed by atoms with Crippen LogP contribution in [0.25, 0.3) is 10.2 Å². The van der Waals surface area contributed by atoms with Gasteiger partial charge in [-0.15, -0.1) is 11.3 Å². The Balaban J connectivity index is 1.61. The largest absolute Gasteiger partial charge is 0.424 e. The van der Waals surface area contributed by atoms with Crippen molar-refractivity contribution in [3.05, 3.63) is 29.3 Å². The lowest BCUT2D eigenvalue weighted by molar-refractivity contribution is -0.267. The summed E-state index contributed by atoms with van der Waals surface area (Å²) in [7, 11) is 0. The van der Waals surface area contributed by atoms with Crippen LogP contribution in [0.2, 0.25) is 0 Å². The second-order valence-corrected chi connectivity index (χ2v) is 7.71. The minimum Gasteiger partial charge on any atom is -0.379 e. The number of carbonyl (C=O) groups is 1. The van der Waals surface area contributed by atoms with Gasteiger partial charge in [0.1, 0.15) is 5.01 Å². The molecule has 2 aromatic rings. The Morgan fingerprint density at radius 1 is 1.29 bits per heavy atom. The van der Waals surface area contributed by atoms with Crippen LogP contribution in [0.4, 0.5) is 13.2 Å². The van der Waals surface area contributed by atoms with Gasteiger partial charge in [0, 0.05) is 19.6 Å². The number of aromatic nitrogens is 1. The van der Waals surface area contributed by atoms with Crippen LogP contribution in [0.15, 0.2) is 24.3 Å². The Bertz CT molecular complexity index is 775. The molecule has 28 heavy (non-hydrogen) atoms. The van der Waals surface area contributed by atoms with Gasteiger partial charge in [-0.1, -0.05) is 12.1 Å². The summed E-state index contributed by atoms with van der Waals surface area (Å²) < 4.78 is 46.6. The molecule has 1 atom stereocenters. The third-order valence-corrected chi connectivity index (χ3v) is 5.80. The molecule has 10 heteroatoms. The number of para-hydroxylation sites is 1. The molecular weight excluding hydrogens is 395 g/mol. The molecule has 0 saturated carbocycles. The highest BCUT2D eigenvalue weighted by atomic mass is 32.1. The fourth-order valence-corrected chi connectivity index (χ4v) is 4.07. The van der Waals surface area contributed by atoms with Gasteiger partial charge in [0.25, 0.3) is 0 Å². The molecule has 0 aliphatic carbocycles. The first-order valence-corrected chi connectivity index (χ1v) is 9.83. The number of benzene rings is 1. The monoisotopic (exact) mass is 417 g/mol. The van der Waals surface area contributed by atoms with Crippen LogP contribution in [0.5, 0.6) is 0 Å². The van der Waals surface area contributed by atoms with Gasteiger partial charge < -0.3 is 15.2 Å². The third kappa shape index (κ3) is 4.80. The number of aliphatic hydroxyl groups is 1. The zero-order chi connectivity index (χ0) is 20.2. The molecule has 2 heterocycles. The van der Waals surface area contributed by atoms with Gasteiger partial charge in [0.15, 0.2) is 0 Å². The SMILES string of the molecule is O=C(CC(O)(c1nc2ccccc2s1)C(F)(F)F)NCCCN1CCOCC1. The fourth-order valence-electron chi connectivity index (χ4n) is 3.00. The summed E-state index contributed by atoms with van der Waals surface area (Å²) in [6.07, 6.45) is -5.53. The van der Waals surface area contributed by atoms with Crippen LogP contribution in [-0.2, 0) is 15.1 Å². The van der Waals surface area contributed by atoms with E-state index < -0.39 is 29.1 Å². The predicted molar refractivity (Wildman–Crippen MR) is 99.1 cm³/mol. The number of carbonyl (C=O) groups excluding carboxylic acids is 1. The van der Waals surface area contributed by atoms with Crippen molar-refractivity contribution < 1.29 is 27.8 Å². The maximum absolute atomic E-state index is 13.6. The Labute approximate surface area is 164 Å². The molecule has 1 amide bonds. The van der Waals surface area contributed by atoms with Gasteiger partial charge in [0.2, 0.25) is 11.5 Å². The van der Waals surface area contributed by atoms with E-state index in [-0.39, 0.29) is 6.54 Å². The molecule has 1 saturated heterocycles. The molecule has 1 unspecified atom stereocenters. The van der Waals surface area contributed by atoms with Gasteiger partial charge >= 0.3 is 6.18 Å². The van der Waals surface area contributed by atoms with E-state index in [9.17, 15) is 23.1 Å². The van der Waals surface area contributed by atoms with E-state index >= 15 is 0 Å². The van der Waals surface area contributed by atoms with Crippen molar-refractivity contribution in [2.45, 2.75) is 24.6 Å². The van der Waals surface area contributed by atoms with Crippen LogP contribution in [0.1, 0.15) is 17.8 Å². The molecule has 0 radical (unpaired) electrons. The van der Waals surface area contributed by atoms with E-state index in [1.807, 2.05) is 0 Å². The van der Waals surface area contributed by atoms with Crippen molar-refractivity contribution in [1.82, 2.24) is 15.2 Å². The molecule has 0 spiro atoms. The molecule has 1 aromatic heterocycles. The van der Waals surface area contributed by atoms with Crippen molar-refractivity contribution >= 4 is 27.5 Å². The van der Waals surface area contributed by atoms with Crippen molar-refractivity contribution in [2.75, 3.05) is 39.4 Å². The number of hydrogen-bond donors (Lipinski definition) is 2. The standard InChI is InChI=1S/C18H22F3N3O3S/c19-18(20,21)17(26,16-23-13-4-1-2-5-14(13)28-16)12-15(25)22-6-3-7-24-8-10-27-11-9-24/h1-2,4-5,26H,3,6-12H2,(H,22,25). The summed E-state index contributed by atoms with van der Waals surface area (Å²) in [5.41, 5.74) is -2.96. The summed E-state index contributed by atoms with van der Waals surface area (Å²) in [6, 6.07) is 6.52. The normalized spacial score (nSPS) is 18.1. The highest BCUT2D eigenvalue weighted by Gasteiger charge is 2.58. The number of rotatable bonds is 7. The van der Waals surface area contributed by atoms with Crippen LogP contribution in [0, 0.1) is 0 Å². The van der Waals surface area contributed by atoms with Gasteiger partial charge in [-0.3, -0.25) is 9.69 Å². The highest BCUT2D eigenvalue weighted by Crippen LogP contribution is 2.44. The number of fused-ring (bicyclic) bond motifs is 1. The lowest BCUT2D eigenvalue weighted by Crippen LogP contribution is -2.46. The van der Waals surface area contributed by atoms with E-state index in [1.165, 1.54) is 0 Å². The van der Waals surface area contributed by atoms with Crippen molar-refractivity contribution in [3.63, 3.8) is 0 Å². The maximum atomic E-state index is 13.6. The smallest absolute Gasteiger partial charge is 0.379 e. The van der Waals surface area contributed by atoms with E-state index in [4.69, 9.17) is 4.74 Å². The summed E-state index contributed by atoms with van der Waals surface area (Å²) in [4.78, 5) is 18.2. The Morgan fingerprint density at radius 2 is 2.00 bits per heavy atom. The number of thiazole rings is 1. The zero-order valence-corrected chi connectivity index (χ0v) is 16.0. The molecule has 3 rings (SSSR count). The number of morpholine rings is 1. The Morgan fingerprint density at radius 3 is 2.68 bits per heavy atom. The molecule has 2 N–H and O–H groups in total. The lowest BCUT2D eigenvalue weighted by atomic mass is 9.99. The lowest BCUT2D eigenvalue weighted by Gasteiger charge is -2.28. The predicted octanol–water partition coefficient (Wildman–Crippen LogP) is 2.27. The Hall–Kier alpha value is -1.75. The number of alkyl halides is 3. The molecule has 154 valence electrons. The summed E-state index contributed by atoms with van der Waals surface area (Å²) in [5.74, 6) is -0.860. The molecule has 1 fully saturated rings. The van der Waals surface area contributed by atoms with E-state index in [2.05, 4.69) is 15.2 Å². The summed E-state index contributed by atoms with van der Waals surface area (Å²) in [6.45, 7) is 3.90. The molecule has 1 aliphatic rings. The van der Waals surface area contributed by atoms with Gasteiger partial charge in [-0.05, 0) is 25.1 Å². The maximum Gasteiger partial charge on any atom is 0.424 e. The number of amides is 1. The average Bonchev–Trinajstić information content (AvgIpc) is 3.10. The van der Waals surface area contributed by atoms with Gasteiger partial charge in [-0.2, -0.15) is 13.2 Å². The molecule has 1 aromatic carbocycles. The quantitative estimate of drug-likeness (QED) is 0.676. The average molecular weight is 417 g/mol. The van der Waals surface area contributed by atoms with Crippen LogP contribution < -0.4 is 5.32 Å². The Kier molecular flexibility index (Phi) is 6.54. The fraction of sp³-hybridized carbons (Fsp3) is 0.556. The molecular formula is C18H22F3N3O3S. The second-order valence-electron chi connectivity index (χ2n) is 6.68. The first kappa shape index (κ1) is 21.0. The molecule has 1 aliphatic heterocycles. The summed E-state index contributed by atoms with van der Waals surface area (Å²) in [5, 5.41) is 12.3. The van der Waals surface area contributed by atoms with E-state index in [0.29, 0.717) is 29.9 Å². The number of halogens is 3. The van der Waals surface area contributed by atoms with Crippen LogP contribution in [-0.4, -0.2) is 66.5 Å². The first-order chi connectivity index (χ1) is 13.3.